The average Bonchev–Trinajstić information content (AvgIpc) is 2.75. The summed E-state index contributed by atoms with van der Waals surface area (Å²) in [5.74, 6) is 1.47. The Hall–Kier alpha value is -3.06. The zero-order chi connectivity index (χ0) is 21.6. The Bertz CT molecular complexity index is 824. The van der Waals surface area contributed by atoms with Crippen LogP contribution in [-0.4, -0.2) is 39.2 Å². The zero-order valence-corrected chi connectivity index (χ0v) is 18.0. The summed E-state index contributed by atoms with van der Waals surface area (Å²) >= 11 is 0. The van der Waals surface area contributed by atoms with E-state index in [1.807, 2.05) is 55.5 Å². The number of carbonyl (C=O) groups excluding carboxylic acids is 1. The molecule has 3 N–H and O–H groups in total. The van der Waals surface area contributed by atoms with Crippen LogP contribution in [0.2, 0.25) is 0 Å². The van der Waals surface area contributed by atoms with Gasteiger partial charge < -0.3 is 25.4 Å². The van der Waals surface area contributed by atoms with Crippen molar-refractivity contribution in [2.24, 2.45) is 4.99 Å². The maximum absolute atomic E-state index is 11.8. The molecule has 0 aliphatic rings. The monoisotopic (exact) mass is 412 g/mol. The van der Waals surface area contributed by atoms with Crippen molar-refractivity contribution in [1.29, 1.82) is 0 Å². The Kier molecular flexibility index (Phi) is 10.2. The van der Waals surface area contributed by atoms with Crippen LogP contribution < -0.4 is 20.7 Å². The van der Waals surface area contributed by atoms with E-state index in [0.29, 0.717) is 32.1 Å². The van der Waals surface area contributed by atoms with Crippen LogP contribution in [0.4, 0.5) is 11.4 Å². The number of nitrogens with zero attached hydrogens (tertiary/aromatic N) is 1. The van der Waals surface area contributed by atoms with Gasteiger partial charge in [0.2, 0.25) is 5.91 Å². The molecule has 0 aliphatic carbocycles. The number of anilines is 2. The molecule has 0 saturated heterocycles. The molecule has 2 aromatic carbocycles. The molecular weight excluding hydrogens is 380 g/mol. The Morgan fingerprint density at radius 2 is 1.80 bits per heavy atom. The van der Waals surface area contributed by atoms with Crippen molar-refractivity contribution in [1.82, 2.24) is 5.32 Å². The molecule has 0 radical (unpaired) electrons. The van der Waals surface area contributed by atoms with E-state index in [2.05, 4.69) is 20.9 Å². The van der Waals surface area contributed by atoms with Crippen LogP contribution in [0, 0.1) is 0 Å². The molecule has 2 rings (SSSR count). The standard InChI is InChI=1S/C23H32N4O3/c1-4-8-22(28)26-19-10-5-9-18(15-19)17-25-23(24-2)27-20-11-6-12-21(16-20)30-14-7-13-29-3/h5-6,9-12,15-16H,4,7-8,13-14,17H2,1-3H3,(H,26,28)(H2,24,25,27). The lowest BCUT2D eigenvalue weighted by Gasteiger charge is -2.14. The lowest BCUT2D eigenvalue weighted by molar-refractivity contribution is -0.116. The summed E-state index contributed by atoms with van der Waals surface area (Å²) in [5, 5.41) is 9.48. The van der Waals surface area contributed by atoms with Crippen molar-refractivity contribution >= 4 is 23.2 Å². The number of benzene rings is 2. The fourth-order valence-corrected chi connectivity index (χ4v) is 2.77. The first-order chi connectivity index (χ1) is 14.6. The van der Waals surface area contributed by atoms with E-state index >= 15 is 0 Å². The van der Waals surface area contributed by atoms with E-state index in [4.69, 9.17) is 9.47 Å². The number of rotatable bonds is 11. The number of ether oxygens (including phenoxy) is 2. The average molecular weight is 413 g/mol. The highest BCUT2D eigenvalue weighted by Gasteiger charge is 2.04. The topological polar surface area (TPSA) is 84.0 Å². The quantitative estimate of drug-likeness (QED) is 0.295. The molecule has 0 bridgehead atoms. The van der Waals surface area contributed by atoms with E-state index in [1.165, 1.54) is 0 Å². The van der Waals surface area contributed by atoms with Crippen molar-refractivity contribution in [2.45, 2.75) is 32.7 Å². The number of methoxy groups -OCH3 is 1. The Morgan fingerprint density at radius 1 is 1.03 bits per heavy atom. The number of hydrogen-bond acceptors (Lipinski definition) is 4. The molecule has 0 atom stereocenters. The first kappa shape index (κ1) is 23.2. The number of nitrogens with one attached hydrogen (secondary N) is 3. The number of guanidine groups is 1. The van der Waals surface area contributed by atoms with Gasteiger partial charge in [0, 0.05) is 57.6 Å². The van der Waals surface area contributed by atoms with Gasteiger partial charge >= 0.3 is 0 Å². The summed E-state index contributed by atoms with van der Waals surface area (Å²) in [4.78, 5) is 16.1. The lowest BCUT2D eigenvalue weighted by atomic mass is 10.2. The molecule has 1 amide bonds. The highest BCUT2D eigenvalue weighted by atomic mass is 16.5. The number of aliphatic imine (C=N–C) groups is 1. The van der Waals surface area contributed by atoms with Crippen molar-refractivity contribution in [3.8, 4) is 5.75 Å². The second kappa shape index (κ2) is 13.2. The predicted octanol–water partition coefficient (Wildman–Crippen LogP) is 4.03. The molecule has 0 spiro atoms. The van der Waals surface area contributed by atoms with Gasteiger partial charge in [-0.25, -0.2) is 0 Å². The van der Waals surface area contributed by atoms with Gasteiger partial charge in [0.15, 0.2) is 5.96 Å². The second-order valence-corrected chi connectivity index (χ2v) is 6.77. The molecule has 30 heavy (non-hydrogen) atoms. The molecule has 0 heterocycles. The maximum atomic E-state index is 11.8. The number of amides is 1. The first-order valence-electron chi connectivity index (χ1n) is 10.2. The number of carbonyl (C=O) groups is 1. The summed E-state index contributed by atoms with van der Waals surface area (Å²) in [6, 6.07) is 15.5. The van der Waals surface area contributed by atoms with Crippen molar-refractivity contribution in [2.75, 3.05) is 38.0 Å². The molecule has 0 fully saturated rings. The molecule has 7 heteroatoms. The fourth-order valence-electron chi connectivity index (χ4n) is 2.77. The normalized spacial score (nSPS) is 11.1. The highest BCUT2D eigenvalue weighted by molar-refractivity contribution is 5.93. The molecule has 162 valence electrons. The third-order valence-electron chi connectivity index (χ3n) is 4.23. The van der Waals surface area contributed by atoms with Crippen LogP contribution in [0.1, 0.15) is 31.7 Å². The van der Waals surface area contributed by atoms with Crippen LogP contribution in [0.3, 0.4) is 0 Å². The van der Waals surface area contributed by atoms with Crippen LogP contribution in [0.25, 0.3) is 0 Å². The summed E-state index contributed by atoms with van der Waals surface area (Å²) in [6.45, 7) is 3.85. The maximum Gasteiger partial charge on any atom is 0.224 e. The molecule has 0 saturated carbocycles. The lowest BCUT2D eigenvalue weighted by Crippen LogP contribution is -2.30. The zero-order valence-electron chi connectivity index (χ0n) is 18.0. The summed E-state index contributed by atoms with van der Waals surface area (Å²) in [6.07, 6.45) is 2.19. The van der Waals surface area contributed by atoms with E-state index in [-0.39, 0.29) is 5.91 Å². The Morgan fingerprint density at radius 3 is 2.53 bits per heavy atom. The van der Waals surface area contributed by atoms with Gasteiger partial charge in [0.1, 0.15) is 5.75 Å². The molecule has 0 aliphatic heterocycles. The second-order valence-electron chi connectivity index (χ2n) is 6.77. The molecular formula is C23H32N4O3. The summed E-state index contributed by atoms with van der Waals surface area (Å²) in [7, 11) is 3.41. The van der Waals surface area contributed by atoms with Gasteiger partial charge in [-0.2, -0.15) is 0 Å². The Balaban J connectivity index is 1.88. The van der Waals surface area contributed by atoms with E-state index in [0.717, 1.165) is 35.5 Å². The van der Waals surface area contributed by atoms with Crippen LogP contribution in [0.15, 0.2) is 53.5 Å². The van der Waals surface area contributed by atoms with E-state index < -0.39 is 0 Å². The fraction of sp³-hybridized carbons (Fsp3) is 0.391. The summed E-state index contributed by atoms with van der Waals surface area (Å²) < 4.78 is 10.8. The van der Waals surface area contributed by atoms with Gasteiger partial charge in [-0.1, -0.05) is 25.1 Å². The van der Waals surface area contributed by atoms with Gasteiger partial charge in [-0.3, -0.25) is 9.79 Å². The van der Waals surface area contributed by atoms with Gasteiger partial charge in [0.25, 0.3) is 0 Å². The van der Waals surface area contributed by atoms with E-state index in [9.17, 15) is 4.79 Å². The van der Waals surface area contributed by atoms with Crippen LogP contribution >= 0.6 is 0 Å². The third-order valence-corrected chi connectivity index (χ3v) is 4.23. The van der Waals surface area contributed by atoms with Crippen molar-refractivity contribution in [3.63, 3.8) is 0 Å². The van der Waals surface area contributed by atoms with Crippen molar-refractivity contribution in [3.05, 3.63) is 54.1 Å². The minimum atomic E-state index is 0.0319. The SMILES string of the molecule is CCCC(=O)Nc1cccc(CNC(=NC)Nc2cccc(OCCCOC)c2)c1. The van der Waals surface area contributed by atoms with Gasteiger partial charge in [0.05, 0.1) is 6.61 Å². The number of hydrogen-bond donors (Lipinski definition) is 3. The molecule has 7 nitrogen and oxygen atoms in total. The molecule has 0 unspecified atom stereocenters. The molecule has 0 aromatic heterocycles. The van der Waals surface area contributed by atoms with Gasteiger partial charge in [-0.15, -0.1) is 0 Å². The summed E-state index contributed by atoms with van der Waals surface area (Å²) in [5.41, 5.74) is 2.73. The first-order valence-corrected chi connectivity index (χ1v) is 10.2. The predicted molar refractivity (Wildman–Crippen MR) is 122 cm³/mol. The third kappa shape index (κ3) is 8.53. The van der Waals surface area contributed by atoms with Gasteiger partial charge in [-0.05, 0) is 36.2 Å². The van der Waals surface area contributed by atoms with Crippen LogP contribution in [-0.2, 0) is 16.1 Å². The van der Waals surface area contributed by atoms with Crippen molar-refractivity contribution < 1.29 is 14.3 Å². The largest absolute Gasteiger partial charge is 0.493 e. The van der Waals surface area contributed by atoms with Crippen LogP contribution in [0.5, 0.6) is 5.75 Å². The minimum Gasteiger partial charge on any atom is -0.493 e. The van der Waals surface area contributed by atoms with E-state index in [1.54, 1.807) is 14.2 Å². The highest BCUT2D eigenvalue weighted by Crippen LogP contribution is 2.17. The Labute approximate surface area is 178 Å². The molecule has 2 aromatic rings. The smallest absolute Gasteiger partial charge is 0.224 e. The minimum absolute atomic E-state index is 0.0319.